The Morgan fingerprint density at radius 3 is 1.61 bits per heavy atom. The minimum Gasteiger partial charge on any atom is -0.487 e. The Morgan fingerprint density at radius 1 is 0.645 bits per heavy atom. The van der Waals surface area contributed by atoms with Crippen LogP contribution in [-0.4, -0.2) is 65.8 Å². The van der Waals surface area contributed by atoms with Crippen LogP contribution in [0.4, 0.5) is 0 Å². The number of ether oxygens (including phenoxy) is 6. The zero-order valence-electron chi connectivity index (χ0n) is 17.2. The number of rotatable bonds is 1. The molecule has 0 atom stereocenters. The van der Waals surface area contributed by atoms with Crippen molar-refractivity contribution in [2.75, 3.05) is 52.9 Å². The third-order valence-corrected chi connectivity index (χ3v) is 5.10. The normalized spacial score (nSPS) is 16.7. The smallest absolute Gasteiger partial charge is 0.294 e. The van der Waals surface area contributed by atoms with Crippen LogP contribution in [0.2, 0.25) is 0 Å². The first-order chi connectivity index (χ1) is 14.9. The van der Waals surface area contributed by atoms with Gasteiger partial charge in [0.1, 0.15) is 26.4 Å². The summed E-state index contributed by atoms with van der Waals surface area (Å²) in [5, 5.41) is 0. The quantitative estimate of drug-likeness (QED) is 0.650. The molecule has 1 aliphatic rings. The van der Waals surface area contributed by atoms with Gasteiger partial charge in [0, 0.05) is 6.07 Å². The summed E-state index contributed by atoms with van der Waals surface area (Å²) in [5.74, 6) is 1.79. The van der Waals surface area contributed by atoms with E-state index < -0.39 is 10.1 Å². The van der Waals surface area contributed by atoms with Crippen molar-refractivity contribution >= 4 is 10.1 Å². The van der Waals surface area contributed by atoms with Crippen LogP contribution in [0, 0.1) is 6.92 Å². The lowest BCUT2D eigenvalue weighted by Crippen LogP contribution is -2.15. The van der Waals surface area contributed by atoms with Gasteiger partial charge in [0.05, 0.1) is 31.3 Å². The van der Waals surface area contributed by atoms with E-state index in [1.54, 1.807) is 0 Å². The molecule has 0 fully saturated rings. The highest BCUT2D eigenvalue weighted by molar-refractivity contribution is 7.85. The van der Waals surface area contributed by atoms with E-state index in [0.29, 0.717) is 50.3 Å². The zero-order valence-corrected chi connectivity index (χ0v) is 18.1. The van der Waals surface area contributed by atoms with E-state index in [1.807, 2.05) is 25.1 Å². The summed E-state index contributed by atoms with van der Waals surface area (Å²) in [6.45, 7) is 4.23. The van der Waals surface area contributed by atoms with Crippen molar-refractivity contribution in [3.63, 3.8) is 0 Å². The van der Waals surface area contributed by atoms with Gasteiger partial charge in [0.2, 0.25) is 0 Å². The van der Waals surface area contributed by atoms with E-state index in [1.165, 1.54) is 18.2 Å². The summed E-state index contributed by atoms with van der Waals surface area (Å²) in [4.78, 5) is -0.284. The van der Waals surface area contributed by atoms with Gasteiger partial charge in [-0.2, -0.15) is 8.42 Å². The maximum atomic E-state index is 11.4. The van der Waals surface area contributed by atoms with Crippen LogP contribution in [0.15, 0.2) is 41.3 Å². The van der Waals surface area contributed by atoms with Crippen LogP contribution in [0.5, 0.6) is 23.0 Å². The second kappa shape index (κ2) is 11.2. The lowest BCUT2D eigenvalue weighted by Gasteiger charge is -2.16. The molecule has 1 N–H and O–H groups in total. The van der Waals surface area contributed by atoms with Crippen LogP contribution in [-0.2, 0) is 19.6 Å². The van der Waals surface area contributed by atoms with E-state index in [2.05, 4.69) is 0 Å². The summed E-state index contributed by atoms with van der Waals surface area (Å²) in [7, 11) is -4.36. The number of aryl methyl sites for hydroxylation is 1. The van der Waals surface area contributed by atoms with Crippen molar-refractivity contribution in [1.82, 2.24) is 0 Å². The highest BCUT2D eigenvalue weighted by atomic mass is 32.2. The Labute approximate surface area is 181 Å². The maximum absolute atomic E-state index is 11.4. The second-order valence-corrected chi connectivity index (χ2v) is 8.07. The van der Waals surface area contributed by atoms with Gasteiger partial charge in [-0.25, -0.2) is 0 Å². The molecule has 2 aromatic carbocycles. The molecule has 0 unspecified atom stereocenters. The summed E-state index contributed by atoms with van der Waals surface area (Å²) in [5.41, 5.74) is 1.06. The third-order valence-electron chi connectivity index (χ3n) is 4.25. The highest BCUT2D eigenvalue weighted by Gasteiger charge is 2.15. The fraction of sp³-hybridized carbons (Fsp3) is 0.429. The number of hydrogen-bond acceptors (Lipinski definition) is 8. The second-order valence-electron chi connectivity index (χ2n) is 6.65. The van der Waals surface area contributed by atoms with Crippen molar-refractivity contribution in [3.05, 3.63) is 42.0 Å². The predicted octanol–water partition coefficient (Wildman–Crippen LogP) is 2.50. The van der Waals surface area contributed by atoms with E-state index >= 15 is 0 Å². The standard InChI is InChI=1S/C21H26O9S/c1-16-2-4-18-20(14-16)29-12-8-25-7-11-28-19-5-3-17(31(22,23)24)15-21(19)30-13-9-26-6-10-27-18/h2-5,14-15H,6-13H2,1H3,(H,22,23,24). The van der Waals surface area contributed by atoms with E-state index in [-0.39, 0.29) is 30.5 Å². The molecule has 1 aliphatic heterocycles. The van der Waals surface area contributed by atoms with Gasteiger partial charge in [-0.15, -0.1) is 0 Å². The Bertz CT molecular complexity index is 959. The minimum atomic E-state index is -4.36. The van der Waals surface area contributed by atoms with Gasteiger partial charge in [-0.1, -0.05) is 6.07 Å². The molecular weight excluding hydrogens is 428 g/mol. The summed E-state index contributed by atoms with van der Waals surface area (Å²) < 4.78 is 65.9. The summed E-state index contributed by atoms with van der Waals surface area (Å²) in [6.07, 6.45) is 0. The molecule has 31 heavy (non-hydrogen) atoms. The fourth-order valence-electron chi connectivity index (χ4n) is 2.77. The maximum Gasteiger partial charge on any atom is 0.294 e. The van der Waals surface area contributed by atoms with Crippen LogP contribution >= 0.6 is 0 Å². The highest BCUT2D eigenvalue weighted by Crippen LogP contribution is 2.30. The molecule has 10 heteroatoms. The van der Waals surface area contributed by atoms with Crippen molar-refractivity contribution in [2.24, 2.45) is 0 Å². The molecule has 3 rings (SSSR count). The minimum absolute atomic E-state index is 0.153. The molecule has 1 heterocycles. The Morgan fingerprint density at radius 2 is 1.10 bits per heavy atom. The molecular formula is C21H26O9S. The van der Waals surface area contributed by atoms with Crippen LogP contribution in [0.1, 0.15) is 5.56 Å². The molecule has 0 saturated heterocycles. The molecule has 0 bridgehead atoms. The first kappa shape index (κ1) is 23.1. The Hall–Kier alpha value is -2.53. The lowest BCUT2D eigenvalue weighted by molar-refractivity contribution is 0.0639. The van der Waals surface area contributed by atoms with Crippen LogP contribution in [0.3, 0.4) is 0 Å². The topological polar surface area (TPSA) is 110 Å². The molecule has 9 nitrogen and oxygen atoms in total. The largest absolute Gasteiger partial charge is 0.487 e. The third kappa shape index (κ3) is 7.28. The fourth-order valence-corrected chi connectivity index (χ4v) is 3.27. The average Bonchev–Trinajstić information content (AvgIpc) is 2.73. The molecule has 0 amide bonds. The molecule has 0 spiro atoms. The first-order valence-corrected chi connectivity index (χ1v) is 11.3. The SMILES string of the molecule is Cc1ccc2c(c1)OCCOCCOc1ccc(S(=O)(=O)O)cc1OCCOCCO2. The van der Waals surface area contributed by atoms with Gasteiger partial charge >= 0.3 is 0 Å². The van der Waals surface area contributed by atoms with Gasteiger partial charge in [0.15, 0.2) is 23.0 Å². The van der Waals surface area contributed by atoms with Gasteiger partial charge < -0.3 is 28.4 Å². The zero-order chi connectivity index (χ0) is 22.1. The van der Waals surface area contributed by atoms with Gasteiger partial charge in [-0.3, -0.25) is 4.55 Å². The number of benzene rings is 2. The first-order valence-electron chi connectivity index (χ1n) is 9.82. The Kier molecular flexibility index (Phi) is 8.35. The number of hydrogen-bond donors (Lipinski definition) is 1. The summed E-state index contributed by atoms with van der Waals surface area (Å²) in [6, 6.07) is 9.57. The molecule has 0 aromatic heterocycles. The average molecular weight is 454 g/mol. The molecule has 0 radical (unpaired) electrons. The van der Waals surface area contributed by atoms with Crippen LogP contribution < -0.4 is 18.9 Å². The van der Waals surface area contributed by atoms with Crippen molar-refractivity contribution in [2.45, 2.75) is 11.8 Å². The molecule has 170 valence electrons. The van der Waals surface area contributed by atoms with Gasteiger partial charge in [-0.05, 0) is 36.8 Å². The van der Waals surface area contributed by atoms with E-state index in [4.69, 9.17) is 28.4 Å². The van der Waals surface area contributed by atoms with Crippen molar-refractivity contribution < 1.29 is 41.4 Å². The van der Waals surface area contributed by atoms with Crippen molar-refractivity contribution in [3.8, 4) is 23.0 Å². The van der Waals surface area contributed by atoms with E-state index in [0.717, 1.165) is 5.56 Å². The predicted molar refractivity (Wildman–Crippen MR) is 111 cm³/mol. The summed E-state index contributed by atoms with van der Waals surface area (Å²) >= 11 is 0. The van der Waals surface area contributed by atoms with E-state index in [9.17, 15) is 13.0 Å². The monoisotopic (exact) mass is 454 g/mol. The van der Waals surface area contributed by atoms with Crippen LogP contribution in [0.25, 0.3) is 0 Å². The molecule has 0 aliphatic carbocycles. The molecule has 0 saturated carbocycles. The van der Waals surface area contributed by atoms with Gasteiger partial charge in [0.25, 0.3) is 10.1 Å². The lowest BCUT2D eigenvalue weighted by atomic mass is 10.2. The molecule has 2 aromatic rings. The van der Waals surface area contributed by atoms with Crippen molar-refractivity contribution in [1.29, 1.82) is 0 Å². The Balaban J connectivity index is 1.65. The number of fused-ring (bicyclic) bond motifs is 2.